The van der Waals surface area contributed by atoms with Gasteiger partial charge in [0.15, 0.2) is 0 Å². The van der Waals surface area contributed by atoms with Crippen molar-refractivity contribution >= 4 is 15.9 Å². The standard InChI is InChI=1S/C11H14BrNO/c12-9-2-3-10(13-7-9)5-8-1-4-11(14)6-8/h2-3,7-8,11,14H,1,4-6H2. The van der Waals surface area contributed by atoms with E-state index in [0.29, 0.717) is 5.92 Å². The first kappa shape index (κ1) is 10.1. The van der Waals surface area contributed by atoms with Crippen molar-refractivity contribution < 1.29 is 5.11 Å². The highest BCUT2D eigenvalue weighted by molar-refractivity contribution is 9.10. The Hall–Kier alpha value is -0.410. The summed E-state index contributed by atoms with van der Waals surface area (Å²) in [5.41, 5.74) is 1.13. The summed E-state index contributed by atoms with van der Waals surface area (Å²) in [6.45, 7) is 0. The predicted octanol–water partition coefficient (Wildman–Crippen LogP) is 2.55. The molecule has 0 saturated heterocycles. The molecule has 0 aliphatic heterocycles. The van der Waals surface area contributed by atoms with Crippen molar-refractivity contribution in [2.45, 2.75) is 31.8 Å². The van der Waals surface area contributed by atoms with Gasteiger partial charge in [-0.1, -0.05) is 0 Å². The van der Waals surface area contributed by atoms with E-state index in [9.17, 15) is 5.11 Å². The summed E-state index contributed by atoms with van der Waals surface area (Å²) >= 11 is 3.37. The molecule has 0 radical (unpaired) electrons. The lowest BCUT2D eigenvalue weighted by Gasteiger charge is -2.07. The molecule has 3 heteroatoms. The van der Waals surface area contributed by atoms with Crippen LogP contribution in [0.4, 0.5) is 0 Å². The molecule has 1 aliphatic rings. The number of hydrogen-bond acceptors (Lipinski definition) is 2. The van der Waals surface area contributed by atoms with Gasteiger partial charge in [-0.15, -0.1) is 0 Å². The van der Waals surface area contributed by atoms with E-state index in [4.69, 9.17) is 0 Å². The zero-order valence-corrected chi connectivity index (χ0v) is 9.57. The highest BCUT2D eigenvalue weighted by atomic mass is 79.9. The minimum absolute atomic E-state index is 0.0737. The molecule has 2 atom stereocenters. The molecule has 1 fully saturated rings. The summed E-state index contributed by atoms with van der Waals surface area (Å²) in [6, 6.07) is 4.07. The normalized spacial score (nSPS) is 26.7. The number of halogens is 1. The van der Waals surface area contributed by atoms with E-state index in [-0.39, 0.29) is 6.10 Å². The molecule has 0 bridgehead atoms. The second kappa shape index (κ2) is 4.41. The lowest BCUT2D eigenvalue weighted by molar-refractivity contribution is 0.177. The lowest BCUT2D eigenvalue weighted by atomic mass is 10.0. The molecule has 14 heavy (non-hydrogen) atoms. The monoisotopic (exact) mass is 255 g/mol. The van der Waals surface area contributed by atoms with Gasteiger partial charge in [0.1, 0.15) is 0 Å². The second-order valence-corrected chi connectivity index (χ2v) is 4.92. The van der Waals surface area contributed by atoms with Crippen LogP contribution < -0.4 is 0 Å². The highest BCUT2D eigenvalue weighted by Crippen LogP contribution is 2.28. The smallest absolute Gasteiger partial charge is 0.0543 e. The molecule has 1 N–H and O–H groups in total. The molecule has 0 aromatic carbocycles. The first-order valence-electron chi connectivity index (χ1n) is 5.02. The Balaban J connectivity index is 1.94. The summed E-state index contributed by atoms with van der Waals surface area (Å²) in [6.07, 6.45) is 5.80. The molecule has 1 aromatic heterocycles. The molecule has 1 aliphatic carbocycles. The van der Waals surface area contributed by atoms with Crippen LogP contribution in [0.5, 0.6) is 0 Å². The number of nitrogens with zero attached hydrogens (tertiary/aromatic N) is 1. The molecule has 1 saturated carbocycles. The summed E-state index contributed by atoms with van der Waals surface area (Å²) < 4.78 is 1.02. The third-order valence-corrected chi connectivity index (χ3v) is 3.27. The van der Waals surface area contributed by atoms with Crippen LogP contribution in [-0.2, 0) is 6.42 Å². The van der Waals surface area contributed by atoms with Crippen LogP contribution in [0.25, 0.3) is 0 Å². The van der Waals surface area contributed by atoms with Crippen molar-refractivity contribution in [2.75, 3.05) is 0 Å². The van der Waals surface area contributed by atoms with Crippen molar-refractivity contribution in [1.82, 2.24) is 4.98 Å². The Labute approximate surface area is 92.5 Å². The van der Waals surface area contributed by atoms with Crippen LogP contribution in [0.15, 0.2) is 22.8 Å². The maximum absolute atomic E-state index is 9.39. The van der Waals surface area contributed by atoms with Crippen LogP contribution in [-0.4, -0.2) is 16.2 Å². The van der Waals surface area contributed by atoms with Gasteiger partial charge in [-0.2, -0.15) is 0 Å². The quantitative estimate of drug-likeness (QED) is 0.882. The van der Waals surface area contributed by atoms with Crippen LogP contribution in [0.1, 0.15) is 25.0 Å². The zero-order valence-electron chi connectivity index (χ0n) is 7.99. The minimum atomic E-state index is -0.0737. The number of hydrogen-bond donors (Lipinski definition) is 1. The van der Waals surface area contributed by atoms with E-state index < -0.39 is 0 Å². The average molecular weight is 256 g/mol. The third kappa shape index (κ3) is 2.55. The van der Waals surface area contributed by atoms with Gasteiger partial charge in [0, 0.05) is 16.4 Å². The molecule has 2 rings (SSSR count). The highest BCUT2D eigenvalue weighted by Gasteiger charge is 2.22. The van der Waals surface area contributed by atoms with E-state index in [1.54, 1.807) is 0 Å². The molecule has 0 spiro atoms. The molecule has 76 valence electrons. The van der Waals surface area contributed by atoms with Gasteiger partial charge in [-0.25, -0.2) is 0 Å². The summed E-state index contributed by atoms with van der Waals surface area (Å²) in [7, 11) is 0. The summed E-state index contributed by atoms with van der Waals surface area (Å²) in [5.74, 6) is 0.624. The Morgan fingerprint density at radius 2 is 2.29 bits per heavy atom. The maximum atomic E-state index is 9.39. The topological polar surface area (TPSA) is 33.1 Å². The van der Waals surface area contributed by atoms with Crippen molar-refractivity contribution in [3.05, 3.63) is 28.5 Å². The van der Waals surface area contributed by atoms with E-state index in [1.165, 1.54) is 0 Å². The fourth-order valence-electron chi connectivity index (χ4n) is 2.06. The van der Waals surface area contributed by atoms with Crippen molar-refractivity contribution in [1.29, 1.82) is 0 Å². The number of aliphatic hydroxyl groups excluding tert-OH is 1. The molecule has 1 heterocycles. The Bertz CT molecular complexity index is 299. The van der Waals surface area contributed by atoms with Gasteiger partial charge >= 0.3 is 0 Å². The third-order valence-electron chi connectivity index (χ3n) is 2.80. The van der Waals surface area contributed by atoms with Crippen molar-refractivity contribution in [3.8, 4) is 0 Å². The van der Waals surface area contributed by atoms with Crippen LogP contribution in [0.3, 0.4) is 0 Å². The van der Waals surface area contributed by atoms with Crippen LogP contribution in [0, 0.1) is 5.92 Å². The van der Waals surface area contributed by atoms with E-state index in [1.807, 2.05) is 12.3 Å². The fourth-order valence-corrected chi connectivity index (χ4v) is 2.29. The van der Waals surface area contributed by atoms with E-state index in [2.05, 4.69) is 27.0 Å². The Kier molecular flexibility index (Phi) is 3.19. The Morgan fingerprint density at radius 1 is 1.43 bits per heavy atom. The lowest BCUT2D eigenvalue weighted by Crippen LogP contribution is -2.04. The average Bonchev–Trinajstić information content (AvgIpc) is 2.56. The van der Waals surface area contributed by atoms with Gasteiger partial charge in [0.05, 0.1) is 6.10 Å². The molecular formula is C11H14BrNO. The van der Waals surface area contributed by atoms with Gasteiger partial charge in [0.25, 0.3) is 0 Å². The summed E-state index contributed by atoms with van der Waals surface area (Å²) in [5, 5.41) is 9.39. The van der Waals surface area contributed by atoms with Gasteiger partial charge in [0.2, 0.25) is 0 Å². The van der Waals surface area contributed by atoms with Gasteiger partial charge < -0.3 is 5.11 Å². The molecule has 1 aromatic rings. The van der Waals surface area contributed by atoms with Crippen molar-refractivity contribution in [2.24, 2.45) is 5.92 Å². The summed E-state index contributed by atoms with van der Waals surface area (Å²) in [4.78, 5) is 4.34. The van der Waals surface area contributed by atoms with Crippen LogP contribution in [0.2, 0.25) is 0 Å². The van der Waals surface area contributed by atoms with Gasteiger partial charge in [-0.05, 0) is 59.7 Å². The fraction of sp³-hybridized carbons (Fsp3) is 0.545. The number of pyridine rings is 1. The van der Waals surface area contributed by atoms with Crippen molar-refractivity contribution in [3.63, 3.8) is 0 Å². The molecule has 2 unspecified atom stereocenters. The first-order valence-corrected chi connectivity index (χ1v) is 5.82. The van der Waals surface area contributed by atoms with E-state index >= 15 is 0 Å². The zero-order chi connectivity index (χ0) is 9.97. The number of aliphatic hydroxyl groups is 1. The SMILES string of the molecule is OC1CCC(Cc2ccc(Br)cn2)C1. The molecular weight excluding hydrogens is 242 g/mol. The Morgan fingerprint density at radius 3 is 2.86 bits per heavy atom. The molecule has 0 amide bonds. The minimum Gasteiger partial charge on any atom is -0.393 e. The maximum Gasteiger partial charge on any atom is 0.0543 e. The number of aromatic nitrogens is 1. The number of rotatable bonds is 2. The predicted molar refractivity (Wildman–Crippen MR) is 59.0 cm³/mol. The first-order chi connectivity index (χ1) is 6.74. The van der Waals surface area contributed by atoms with E-state index in [0.717, 1.165) is 35.8 Å². The molecule has 2 nitrogen and oxygen atoms in total. The van der Waals surface area contributed by atoms with Crippen LogP contribution >= 0.6 is 15.9 Å². The van der Waals surface area contributed by atoms with Gasteiger partial charge in [-0.3, -0.25) is 4.98 Å². The second-order valence-electron chi connectivity index (χ2n) is 4.00. The largest absolute Gasteiger partial charge is 0.393 e.